The molecule has 3 amide bonds. The highest BCUT2D eigenvalue weighted by atomic mass is 16.5. The lowest BCUT2D eigenvalue weighted by Gasteiger charge is -2.24. The molecule has 142 valence electrons. The van der Waals surface area contributed by atoms with Crippen LogP contribution in [0.2, 0.25) is 0 Å². The zero-order valence-corrected chi connectivity index (χ0v) is 16.4. The molecule has 1 aromatic carbocycles. The van der Waals surface area contributed by atoms with E-state index in [1.165, 1.54) is 17.6 Å². The maximum Gasteiger partial charge on any atom is 0.325 e. The lowest BCUT2D eigenvalue weighted by atomic mass is 9.84. The lowest BCUT2D eigenvalue weighted by molar-refractivity contribution is -0.131. The first kappa shape index (κ1) is 18.9. The van der Waals surface area contributed by atoms with Gasteiger partial charge in [0.2, 0.25) is 5.88 Å². The Balaban J connectivity index is 1.88. The molecule has 1 aliphatic heterocycles. The largest absolute Gasteiger partial charge is 0.481 e. The standard InChI is InChI=1S/C21H25N3O3/c1-20(2,3)15-8-10-16(11-9-15)21(4)18(25)24(19(26)23-21)13-14-7-6-12-22-17(14)27-5/h6-12H,13H2,1-5H3,(H,23,26)/t21-/m0/s1. The first-order chi connectivity index (χ1) is 12.7. The van der Waals surface area contributed by atoms with Gasteiger partial charge in [0.25, 0.3) is 5.91 Å². The zero-order valence-electron chi connectivity index (χ0n) is 16.4. The first-order valence-electron chi connectivity index (χ1n) is 8.90. The van der Waals surface area contributed by atoms with Crippen LogP contribution in [0.1, 0.15) is 44.4 Å². The van der Waals surface area contributed by atoms with Crippen LogP contribution in [0.15, 0.2) is 42.6 Å². The summed E-state index contributed by atoms with van der Waals surface area (Å²) in [5, 5.41) is 2.84. The second kappa shape index (κ2) is 6.68. The number of aromatic nitrogens is 1. The third kappa shape index (κ3) is 3.39. The minimum atomic E-state index is -1.09. The molecule has 0 spiro atoms. The molecule has 0 unspecified atom stereocenters. The van der Waals surface area contributed by atoms with E-state index in [0.717, 1.165) is 5.56 Å². The van der Waals surface area contributed by atoms with E-state index in [-0.39, 0.29) is 17.9 Å². The van der Waals surface area contributed by atoms with E-state index in [0.29, 0.717) is 11.4 Å². The van der Waals surface area contributed by atoms with Crippen LogP contribution >= 0.6 is 0 Å². The van der Waals surface area contributed by atoms with Gasteiger partial charge < -0.3 is 10.1 Å². The predicted octanol–water partition coefficient (Wildman–Crippen LogP) is 3.35. The molecule has 3 rings (SSSR count). The number of amides is 3. The SMILES string of the molecule is COc1ncccc1CN1C(=O)N[C@@](C)(c2ccc(C(C)(C)C)cc2)C1=O. The fourth-order valence-electron chi connectivity index (χ4n) is 3.24. The maximum atomic E-state index is 13.1. The number of urea groups is 1. The van der Waals surface area contributed by atoms with Crippen molar-refractivity contribution in [3.8, 4) is 5.88 Å². The van der Waals surface area contributed by atoms with Crippen molar-refractivity contribution in [2.45, 2.75) is 45.2 Å². The van der Waals surface area contributed by atoms with Crippen LogP contribution < -0.4 is 10.1 Å². The van der Waals surface area contributed by atoms with Crippen LogP contribution in [0.3, 0.4) is 0 Å². The van der Waals surface area contributed by atoms with E-state index >= 15 is 0 Å². The van der Waals surface area contributed by atoms with Crippen molar-refractivity contribution in [2.75, 3.05) is 7.11 Å². The van der Waals surface area contributed by atoms with Crippen molar-refractivity contribution >= 4 is 11.9 Å². The molecule has 1 fully saturated rings. The van der Waals surface area contributed by atoms with Gasteiger partial charge in [0.1, 0.15) is 5.54 Å². The minimum Gasteiger partial charge on any atom is -0.481 e. The summed E-state index contributed by atoms with van der Waals surface area (Å²) in [5.41, 5.74) is 1.53. The maximum absolute atomic E-state index is 13.1. The molecule has 1 aromatic heterocycles. The Morgan fingerprint density at radius 1 is 1.15 bits per heavy atom. The van der Waals surface area contributed by atoms with Gasteiger partial charge in [-0.25, -0.2) is 9.78 Å². The average molecular weight is 367 g/mol. The molecule has 27 heavy (non-hydrogen) atoms. The number of ether oxygens (including phenoxy) is 1. The van der Waals surface area contributed by atoms with Crippen molar-refractivity contribution in [3.05, 3.63) is 59.3 Å². The van der Waals surface area contributed by atoms with E-state index in [2.05, 4.69) is 31.1 Å². The molecule has 2 aromatic rings. The predicted molar refractivity (Wildman–Crippen MR) is 102 cm³/mol. The van der Waals surface area contributed by atoms with Crippen LogP contribution in [-0.4, -0.2) is 28.9 Å². The minimum absolute atomic E-state index is 0.0191. The summed E-state index contributed by atoms with van der Waals surface area (Å²) in [4.78, 5) is 31.0. The number of rotatable bonds is 4. The Labute approximate surface area is 159 Å². The molecule has 1 saturated heterocycles. The van der Waals surface area contributed by atoms with Crippen molar-refractivity contribution in [3.63, 3.8) is 0 Å². The summed E-state index contributed by atoms with van der Waals surface area (Å²) in [7, 11) is 1.51. The molecule has 6 nitrogen and oxygen atoms in total. The second-order valence-electron chi connectivity index (χ2n) is 7.95. The lowest BCUT2D eigenvalue weighted by Crippen LogP contribution is -2.40. The smallest absolute Gasteiger partial charge is 0.325 e. The van der Waals surface area contributed by atoms with Gasteiger partial charge in [-0.15, -0.1) is 0 Å². The van der Waals surface area contributed by atoms with Crippen molar-refractivity contribution < 1.29 is 14.3 Å². The molecule has 0 aliphatic carbocycles. The Morgan fingerprint density at radius 3 is 2.41 bits per heavy atom. The molecule has 6 heteroatoms. The van der Waals surface area contributed by atoms with Crippen LogP contribution in [-0.2, 0) is 22.3 Å². The van der Waals surface area contributed by atoms with Crippen LogP contribution in [0.25, 0.3) is 0 Å². The molecule has 1 N–H and O–H groups in total. The second-order valence-corrected chi connectivity index (χ2v) is 7.95. The Hall–Kier alpha value is -2.89. The molecule has 0 bridgehead atoms. The number of pyridine rings is 1. The highest BCUT2D eigenvalue weighted by Gasteiger charge is 2.49. The topological polar surface area (TPSA) is 71.5 Å². The highest BCUT2D eigenvalue weighted by Crippen LogP contribution is 2.32. The summed E-state index contributed by atoms with van der Waals surface area (Å²) < 4.78 is 5.23. The number of nitrogens with one attached hydrogen (secondary N) is 1. The number of hydrogen-bond donors (Lipinski definition) is 1. The van der Waals surface area contributed by atoms with Crippen molar-refractivity contribution in [1.29, 1.82) is 0 Å². The highest BCUT2D eigenvalue weighted by molar-refractivity contribution is 6.07. The van der Waals surface area contributed by atoms with Crippen LogP contribution in [0.4, 0.5) is 4.79 Å². The van der Waals surface area contributed by atoms with Gasteiger partial charge in [0.15, 0.2) is 0 Å². The number of imide groups is 1. The number of benzene rings is 1. The van der Waals surface area contributed by atoms with Gasteiger partial charge >= 0.3 is 6.03 Å². The number of carbonyl (C=O) groups excluding carboxylic acids is 2. The first-order valence-corrected chi connectivity index (χ1v) is 8.90. The van der Waals surface area contributed by atoms with Gasteiger partial charge in [-0.3, -0.25) is 9.69 Å². The summed E-state index contributed by atoms with van der Waals surface area (Å²) >= 11 is 0. The zero-order chi connectivity index (χ0) is 19.8. The molecule has 1 aliphatic rings. The Kier molecular flexibility index (Phi) is 4.68. The summed E-state index contributed by atoms with van der Waals surface area (Å²) in [5.74, 6) is 0.114. The summed E-state index contributed by atoms with van der Waals surface area (Å²) in [6.45, 7) is 8.25. The van der Waals surface area contributed by atoms with Crippen LogP contribution in [0, 0.1) is 0 Å². The monoisotopic (exact) mass is 367 g/mol. The van der Waals surface area contributed by atoms with Gasteiger partial charge in [-0.2, -0.15) is 0 Å². The van der Waals surface area contributed by atoms with E-state index in [1.54, 1.807) is 25.3 Å². The molecular formula is C21H25N3O3. The Morgan fingerprint density at radius 2 is 1.81 bits per heavy atom. The van der Waals surface area contributed by atoms with Gasteiger partial charge in [-0.1, -0.05) is 51.1 Å². The number of hydrogen-bond acceptors (Lipinski definition) is 4. The summed E-state index contributed by atoms with van der Waals surface area (Å²) in [6, 6.07) is 11.0. The van der Waals surface area contributed by atoms with Crippen molar-refractivity contribution in [2.24, 2.45) is 0 Å². The van der Waals surface area contributed by atoms with E-state index in [4.69, 9.17) is 4.74 Å². The number of nitrogens with zero attached hydrogens (tertiary/aromatic N) is 2. The van der Waals surface area contributed by atoms with E-state index in [9.17, 15) is 9.59 Å². The Bertz CT molecular complexity index is 871. The molecule has 2 heterocycles. The van der Waals surface area contributed by atoms with Gasteiger partial charge in [0.05, 0.1) is 13.7 Å². The van der Waals surface area contributed by atoms with E-state index < -0.39 is 11.6 Å². The quantitative estimate of drug-likeness (QED) is 0.841. The molecule has 0 radical (unpaired) electrons. The fourth-order valence-corrected chi connectivity index (χ4v) is 3.24. The van der Waals surface area contributed by atoms with Crippen molar-refractivity contribution in [1.82, 2.24) is 15.2 Å². The molecular weight excluding hydrogens is 342 g/mol. The third-order valence-corrected chi connectivity index (χ3v) is 4.98. The average Bonchev–Trinajstić information content (AvgIpc) is 2.86. The molecule has 1 atom stereocenters. The molecule has 0 saturated carbocycles. The van der Waals surface area contributed by atoms with Gasteiger partial charge in [0, 0.05) is 11.8 Å². The third-order valence-electron chi connectivity index (χ3n) is 4.98. The fraction of sp³-hybridized carbons (Fsp3) is 0.381. The van der Waals surface area contributed by atoms with E-state index in [1.807, 2.05) is 24.3 Å². The summed E-state index contributed by atoms with van der Waals surface area (Å²) in [6.07, 6.45) is 1.61. The normalized spacial score (nSPS) is 20.0. The number of carbonyl (C=O) groups is 2. The van der Waals surface area contributed by atoms with Gasteiger partial charge in [-0.05, 0) is 29.5 Å². The number of methoxy groups -OCH3 is 1. The van der Waals surface area contributed by atoms with Crippen LogP contribution in [0.5, 0.6) is 5.88 Å².